The van der Waals surface area contributed by atoms with Crippen molar-refractivity contribution in [1.82, 2.24) is 19.8 Å². The van der Waals surface area contributed by atoms with Crippen molar-refractivity contribution in [2.75, 3.05) is 5.32 Å². The largest absolute Gasteiger partial charge is 0.320 e. The van der Waals surface area contributed by atoms with Gasteiger partial charge in [-0.15, -0.1) is 10.2 Å². The van der Waals surface area contributed by atoms with E-state index in [-0.39, 0.29) is 11.6 Å². The Bertz CT molecular complexity index is 1530. The molecule has 164 valence electrons. The first-order chi connectivity index (χ1) is 16.0. The lowest BCUT2D eigenvalue weighted by molar-refractivity contribution is 0.102. The fourth-order valence-electron chi connectivity index (χ4n) is 4.09. The van der Waals surface area contributed by atoms with Gasteiger partial charge in [-0.05, 0) is 54.3 Å². The summed E-state index contributed by atoms with van der Waals surface area (Å²) in [5, 5.41) is 19.3. The Kier molecular flexibility index (Phi) is 5.30. The van der Waals surface area contributed by atoms with Gasteiger partial charge in [-0.2, -0.15) is 5.10 Å². The monoisotopic (exact) mass is 455 g/mol. The number of aromatic nitrogens is 4. The Morgan fingerprint density at radius 1 is 1.03 bits per heavy atom. The van der Waals surface area contributed by atoms with Crippen LogP contribution in [-0.4, -0.2) is 25.7 Å². The van der Waals surface area contributed by atoms with Crippen molar-refractivity contribution in [3.63, 3.8) is 0 Å². The maximum atomic E-state index is 13.0. The topological polar surface area (TPSA) is 72.2 Å². The van der Waals surface area contributed by atoms with E-state index in [0.717, 1.165) is 39.6 Å². The normalized spacial score (nSPS) is 11.3. The van der Waals surface area contributed by atoms with E-state index < -0.39 is 0 Å². The predicted molar refractivity (Wildman–Crippen MR) is 132 cm³/mol. The summed E-state index contributed by atoms with van der Waals surface area (Å²) in [5.41, 5.74) is 5.93. The van der Waals surface area contributed by atoms with Gasteiger partial charge in [0.05, 0.1) is 17.0 Å². The van der Waals surface area contributed by atoms with Gasteiger partial charge in [0.25, 0.3) is 5.91 Å². The van der Waals surface area contributed by atoms with Crippen molar-refractivity contribution >= 4 is 39.6 Å². The average molecular weight is 456 g/mol. The molecule has 1 N–H and O–H groups in total. The minimum Gasteiger partial charge on any atom is -0.320 e. The molecule has 1 amide bonds. The lowest BCUT2D eigenvalue weighted by Gasteiger charge is -2.09. The van der Waals surface area contributed by atoms with Gasteiger partial charge >= 0.3 is 0 Å². The van der Waals surface area contributed by atoms with Crippen LogP contribution in [0.3, 0.4) is 0 Å². The lowest BCUT2D eigenvalue weighted by atomic mass is 9.97. The third kappa shape index (κ3) is 3.62. The number of nitrogens with one attached hydrogen (secondary N) is 1. The summed E-state index contributed by atoms with van der Waals surface area (Å²) in [5.74, 6) is -0.359. The maximum absolute atomic E-state index is 13.0. The Labute approximate surface area is 196 Å². The first-order valence-corrected chi connectivity index (χ1v) is 11.2. The quantitative estimate of drug-likeness (QED) is 0.359. The number of amides is 1. The second kappa shape index (κ2) is 8.30. The smallest absolute Gasteiger partial charge is 0.278 e. The molecule has 0 fully saturated rings. The standard InChI is InChI=1S/C26H22ClN5O/c1-4-22-23(20-11-7-9-17-8-5-6-10-19(17)20)25-30-29-24(16(3)32(25)31-22)26(33)28-18-13-12-15(2)21(27)14-18/h5-14H,4H2,1-3H3,(H,28,33). The number of anilines is 1. The van der Waals surface area contributed by atoms with Gasteiger partial charge in [-0.1, -0.05) is 67.1 Å². The van der Waals surface area contributed by atoms with Crippen LogP contribution in [0, 0.1) is 13.8 Å². The van der Waals surface area contributed by atoms with E-state index in [2.05, 4.69) is 46.7 Å². The third-order valence-electron chi connectivity index (χ3n) is 5.88. The van der Waals surface area contributed by atoms with E-state index in [9.17, 15) is 4.79 Å². The van der Waals surface area contributed by atoms with Crippen molar-refractivity contribution < 1.29 is 4.79 Å². The molecule has 7 heteroatoms. The van der Waals surface area contributed by atoms with Crippen molar-refractivity contribution in [3.05, 3.63) is 88.3 Å². The first-order valence-electron chi connectivity index (χ1n) is 10.8. The zero-order valence-corrected chi connectivity index (χ0v) is 19.3. The summed E-state index contributed by atoms with van der Waals surface area (Å²) >= 11 is 6.20. The molecule has 0 saturated heterocycles. The van der Waals surface area contributed by atoms with Gasteiger partial charge < -0.3 is 5.32 Å². The van der Waals surface area contributed by atoms with E-state index >= 15 is 0 Å². The summed E-state index contributed by atoms with van der Waals surface area (Å²) in [6.07, 6.45) is 0.727. The highest BCUT2D eigenvalue weighted by molar-refractivity contribution is 6.31. The van der Waals surface area contributed by atoms with E-state index in [0.29, 0.717) is 22.1 Å². The van der Waals surface area contributed by atoms with Gasteiger partial charge in [-0.25, -0.2) is 4.52 Å². The maximum Gasteiger partial charge on any atom is 0.278 e. The molecule has 3 aromatic carbocycles. The van der Waals surface area contributed by atoms with Crippen LogP contribution in [0.2, 0.25) is 5.02 Å². The summed E-state index contributed by atoms with van der Waals surface area (Å²) in [4.78, 5) is 13.0. The molecule has 0 bridgehead atoms. The average Bonchev–Trinajstić information content (AvgIpc) is 3.20. The number of fused-ring (bicyclic) bond motifs is 2. The van der Waals surface area contributed by atoms with Crippen LogP contribution in [0.4, 0.5) is 5.69 Å². The highest BCUT2D eigenvalue weighted by atomic mass is 35.5. The number of carbonyl (C=O) groups excluding carboxylic acids is 1. The molecule has 0 aliphatic heterocycles. The summed E-state index contributed by atoms with van der Waals surface area (Å²) in [6, 6.07) is 19.8. The molecular formula is C26H22ClN5O. The van der Waals surface area contributed by atoms with Crippen molar-refractivity contribution in [3.8, 4) is 11.1 Å². The molecule has 0 saturated carbocycles. The summed E-state index contributed by atoms with van der Waals surface area (Å²) in [7, 11) is 0. The Balaban J connectivity index is 1.62. The molecule has 0 aliphatic carbocycles. The van der Waals surface area contributed by atoms with Gasteiger partial charge in [0.2, 0.25) is 0 Å². The zero-order valence-electron chi connectivity index (χ0n) is 18.6. The number of hydrogen-bond donors (Lipinski definition) is 1. The molecule has 0 aliphatic rings. The van der Waals surface area contributed by atoms with Gasteiger partial charge in [0.15, 0.2) is 11.3 Å². The number of rotatable bonds is 4. The Morgan fingerprint density at radius 2 is 1.82 bits per heavy atom. The lowest BCUT2D eigenvalue weighted by Crippen LogP contribution is -2.18. The van der Waals surface area contributed by atoms with Gasteiger partial charge in [0, 0.05) is 10.7 Å². The van der Waals surface area contributed by atoms with Crippen LogP contribution < -0.4 is 5.32 Å². The molecular weight excluding hydrogens is 434 g/mol. The molecule has 0 unspecified atom stereocenters. The van der Waals surface area contributed by atoms with Crippen molar-refractivity contribution in [2.24, 2.45) is 0 Å². The Morgan fingerprint density at radius 3 is 2.61 bits per heavy atom. The zero-order chi connectivity index (χ0) is 23.1. The van der Waals surface area contributed by atoms with E-state index in [1.54, 1.807) is 10.6 Å². The van der Waals surface area contributed by atoms with Crippen LogP contribution in [-0.2, 0) is 6.42 Å². The molecule has 5 aromatic rings. The second-order valence-corrected chi connectivity index (χ2v) is 8.40. The van der Waals surface area contributed by atoms with Gasteiger partial charge in [0.1, 0.15) is 0 Å². The van der Waals surface area contributed by atoms with Crippen LogP contribution >= 0.6 is 11.6 Å². The van der Waals surface area contributed by atoms with Crippen LogP contribution in [0.5, 0.6) is 0 Å². The van der Waals surface area contributed by atoms with E-state index in [1.807, 2.05) is 44.2 Å². The molecule has 5 rings (SSSR count). The summed E-state index contributed by atoms with van der Waals surface area (Å²) < 4.78 is 1.72. The fourth-order valence-corrected chi connectivity index (χ4v) is 4.27. The van der Waals surface area contributed by atoms with Gasteiger partial charge in [-0.3, -0.25) is 4.79 Å². The summed E-state index contributed by atoms with van der Waals surface area (Å²) in [6.45, 7) is 5.81. The molecule has 0 atom stereocenters. The third-order valence-corrected chi connectivity index (χ3v) is 6.28. The minimum absolute atomic E-state index is 0.217. The Hall–Kier alpha value is -3.77. The highest BCUT2D eigenvalue weighted by Crippen LogP contribution is 2.34. The number of halogens is 1. The SMILES string of the molecule is CCc1nn2c(C)c(C(=O)Nc3ccc(C)c(Cl)c3)nnc2c1-c1cccc2ccccc12. The molecule has 33 heavy (non-hydrogen) atoms. The van der Waals surface area contributed by atoms with E-state index in [1.165, 1.54) is 0 Å². The number of benzene rings is 3. The van der Waals surface area contributed by atoms with Crippen molar-refractivity contribution in [1.29, 1.82) is 0 Å². The first kappa shape index (κ1) is 21.1. The number of aryl methyl sites for hydroxylation is 3. The molecule has 6 nitrogen and oxygen atoms in total. The fraction of sp³-hybridized carbons (Fsp3) is 0.154. The second-order valence-electron chi connectivity index (χ2n) is 7.99. The predicted octanol–water partition coefficient (Wildman–Crippen LogP) is 6.03. The molecule has 0 spiro atoms. The molecule has 2 aromatic heterocycles. The molecule has 2 heterocycles. The minimum atomic E-state index is -0.359. The van der Waals surface area contributed by atoms with Crippen molar-refractivity contribution in [2.45, 2.75) is 27.2 Å². The van der Waals surface area contributed by atoms with Crippen LogP contribution in [0.25, 0.3) is 27.5 Å². The van der Waals surface area contributed by atoms with E-state index in [4.69, 9.17) is 16.7 Å². The van der Waals surface area contributed by atoms with Crippen LogP contribution in [0.15, 0.2) is 60.7 Å². The number of hydrogen-bond acceptors (Lipinski definition) is 4. The number of carbonyl (C=O) groups is 1. The van der Waals surface area contributed by atoms with Crippen LogP contribution in [0.1, 0.15) is 34.4 Å². The molecule has 0 radical (unpaired) electrons. The highest BCUT2D eigenvalue weighted by Gasteiger charge is 2.22. The number of nitrogens with zero attached hydrogens (tertiary/aromatic N) is 4.